The zero-order valence-electron chi connectivity index (χ0n) is 14.9. The van der Waals surface area contributed by atoms with E-state index in [1.54, 1.807) is 7.11 Å². The molecule has 0 aliphatic rings. The largest absolute Gasteiger partial charge is 0.497 e. The van der Waals surface area contributed by atoms with E-state index >= 15 is 0 Å². The lowest BCUT2D eigenvalue weighted by Crippen LogP contribution is -2.14. The SMILES string of the molecule is COc1ccc(-c2nc(SCC(=O)Nc3ccc(C)c(C)c3)n[nH]2)cc1. The number of nitrogens with one attached hydrogen (secondary N) is 2. The van der Waals surface area contributed by atoms with E-state index in [0.717, 1.165) is 22.6 Å². The summed E-state index contributed by atoms with van der Waals surface area (Å²) in [5.41, 5.74) is 4.05. The van der Waals surface area contributed by atoms with Gasteiger partial charge in [0.1, 0.15) is 5.75 Å². The number of methoxy groups -OCH3 is 1. The maximum atomic E-state index is 12.1. The maximum absolute atomic E-state index is 12.1. The number of benzene rings is 2. The van der Waals surface area contributed by atoms with Crippen LogP contribution in [0.1, 0.15) is 11.1 Å². The number of amides is 1. The normalized spacial score (nSPS) is 10.6. The number of thioether (sulfide) groups is 1. The first-order valence-electron chi connectivity index (χ1n) is 8.12. The number of rotatable bonds is 6. The molecule has 0 aliphatic heterocycles. The molecule has 2 aromatic carbocycles. The van der Waals surface area contributed by atoms with Crippen LogP contribution in [0.15, 0.2) is 47.6 Å². The summed E-state index contributed by atoms with van der Waals surface area (Å²) in [5, 5.41) is 10.5. The quantitative estimate of drug-likeness (QED) is 0.647. The molecule has 0 bridgehead atoms. The van der Waals surface area contributed by atoms with Crippen molar-refractivity contribution in [1.82, 2.24) is 15.2 Å². The van der Waals surface area contributed by atoms with Crippen molar-refractivity contribution in [2.24, 2.45) is 0 Å². The van der Waals surface area contributed by atoms with Crippen molar-refractivity contribution in [2.75, 3.05) is 18.2 Å². The second kappa shape index (κ2) is 8.05. The van der Waals surface area contributed by atoms with Gasteiger partial charge in [-0.25, -0.2) is 4.98 Å². The van der Waals surface area contributed by atoms with Crippen LogP contribution in [0.5, 0.6) is 5.75 Å². The van der Waals surface area contributed by atoms with E-state index in [1.807, 2.05) is 56.3 Å². The molecule has 1 amide bonds. The summed E-state index contributed by atoms with van der Waals surface area (Å²) in [6.45, 7) is 4.06. The standard InChI is InChI=1S/C19H20N4O2S/c1-12-4-7-15(10-13(12)2)20-17(24)11-26-19-21-18(22-23-19)14-5-8-16(25-3)9-6-14/h4-10H,11H2,1-3H3,(H,20,24)(H,21,22,23). The predicted molar refractivity (Wildman–Crippen MR) is 104 cm³/mol. The molecule has 1 heterocycles. The fourth-order valence-electron chi connectivity index (χ4n) is 2.34. The molecule has 2 N–H and O–H groups in total. The first kappa shape index (κ1) is 18.0. The number of anilines is 1. The highest BCUT2D eigenvalue weighted by molar-refractivity contribution is 7.99. The van der Waals surface area contributed by atoms with Gasteiger partial charge >= 0.3 is 0 Å². The molecule has 0 fully saturated rings. The maximum Gasteiger partial charge on any atom is 0.234 e. The van der Waals surface area contributed by atoms with Crippen molar-refractivity contribution in [3.8, 4) is 17.1 Å². The number of H-pyrrole nitrogens is 1. The van der Waals surface area contributed by atoms with Crippen LogP contribution in [0.4, 0.5) is 5.69 Å². The van der Waals surface area contributed by atoms with Crippen molar-refractivity contribution in [1.29, 1.82) is 0 Å². The Balaban J connectivity index is 1.56. The Morgan fingerprint density at radius 3 is 2.62 bits per heavy atom. The Labute approximate surface area is 156 Å². The van der Waals surface area contributed by atoms with Crippen LogP contribution in [-0.4, -0.2) is 34.0 Å². The number of carbonyl (C=O) groups excluding carboxylic acids is 1. The molecule has 0 unspecified atom stereocenters. The van der Waals surface area contributed by atoms with Gasteiger partial charge in [-0.05, 0) is 61.4 Å². The molecule has 7 heteroatoms. The lowest BCUT2D eigenvalue weighted by Gasteiger charge is -2.06. The highest BCUT2D eigenvalue weighted by Crippen LogP contribution is 2.22. The van der Waals surface area contributed by atoms with Crippen molar-refractivity contribution in [3.05, 3.63) is 53.6 Å². The van der Waals surface area contributed by atoms with Crippen LogP contribution in [-0.2, 0) is 4.79 Å². The first-order chi connectivity index (χ1) is 12.5. The van der Waals surface area contributed by atoms with Gasteiger partial charge in [0, 0.05) is 11.3 Å². The second-order valence-corrected chi connectivity index (χ2v) is 6.77. The fourth-order valence-corrected chi connectivity index (χ4v) is 2.93. The Morgan fingerprint density at radius 1 is 1.15 bits per heavy atom. The minimum absolute atomic E-state index is 0.0888. The summed E-state index contributed by atoms with van der Waals surface area (Å²) >= 11 is 1.29. The summed E-state index contributed by atoms with van der Waals surface area (Å²) < 4.78 is 5.14. The van der Waals surface area contributed by atoms with Crippen molar-refractivity contribution in [2.45, 2.75) is 19.0 Å². The van der Waals surface area contributed by atoms with E-state index < -0.39 is 0 Å². The van der Waals surface area contributed by atoms with Crippen LogP contribution in [0.3, 0.4) is 0 Å². The van der Waals surface area contributed by atoms with E-state index in [2.05, 4.69) is 20.5 Å². The molecule has 3 aromatic rings. The van der Waals surface area contributed by atoms with Crippen molar-refractivity contribution >= 4 is 23.4 Å². The number of hydrogen-bond donors (Lipinski definition) is 2. The molecule has 1 aromatic heterocycles. The van der Waals surface area contributed by atoms with Crippen LogP contribution in [0.25, 0.3) is 11.4 Å². The molecule has 0 saturated heterocycles. The Morgan fingerprint density at radius 2 is 1.92 bits per heavy atom. The molecule has 0 aliphatic carbocycles. The van der Waals surface area contributed by atoms with Gasteiger partial charge in [0.2, 0.25) is 11.1 Å². The average Bonchev–Trinajstić information content (AvgIpc) is 3.12. The van der Waals surface area contributed by atoms with Gasteiger partial charge in [-0.1, -0.05) is 17.8 Å². The highest BCUT2D eigenvalue weighted by atomic mass is 32.2. The first-order valence-corrected chi connectivity index (χ1v) is 9.10. The molecule has 0 atom stereocenters. The molecular weight excluding hydrogens is 348 g/mol. The van der Waals surface area contributed by atoms with Gasteiger partial charge in [-0.15, -0.1) is 5.10 Å². The summed E-state index contributed by atoms with van der Waals surface area (Å²) in [6.07, 6.45) is 0. The minimum Gasteiger partial charge on any atom is -0.497 e. The number of hydrogen-bond acceptors (Lipinski definition) is 5. The smallest absolute Gasteiger partial charge is 0.234 e. The third kappa shape index (κ3) is 4.43. The molecule has 0 saturated carbocycles. The number of carbonyl (C=O) groups is 1. The monoisotopic (exact) mass is 368 g/mol. The van der Waals surface area contributed by atoms with E-state index in [9.17, 15) is 4.79 Å². The lowest BCUT2D eigenvalue weighted by molar-refractivity contribution is -0.113. The van der Waals surface area contributed by atoms with Gasteiger partial charge < -0.3 is 10.1 Å². The molecule has 0 radical (unpaired) electrons. The van der Waals surface area contributed by atoms with E-state index in [0.29, 0.717) is 11.0 Å². The predicted octanol–water partition coefficient (Wildman–Crippen LogP) is 3.83. The topological polar surface area (TPSA) is 79.9 Å². The second-order valence-electron chi connectivity index (χ2n) is 5.83. The van der Waals surface area contributed by atoms with Crippen LogP contribution in [0.2, 0.25) is 0 Å². The summed E-state index contributed by atoms with van der Waals surface area (Å²) in [7, 11) is 1.63. The number of aryl methyl sites for hydroxylation is 2. The number of aromatic amines is 1. The van der Waals surface area contributed by atoms with Crippen LogP contribution in [0, 0.1) is 13.8 Å². The summed E-state index contributed by atoms with van der Waals surface area (Å²) in [5.74, 6) is 1.59. The molecule has 6 nitrogen and oxygen atoms in total. The molecular formula is C19H20N4O2S. The Bertz CT molecular complexity index is 906. The number of nitrogens with zero attached hydrogens (tertiary/aromatic N) is 2. The third-order valence-electron chi connectivity index (χ3n) is 3.95. The Kier molecular flexibility index (Phi) is 5.58. The Hall–Kier alpha value is -2.80. The van der Waals surface area contributed by atoms with E-state index in [1.165, 1.54) is 17.3 Å². The zero-order valence-corrected chi connectivity index (χ0v) is 15.7. The van der Waals surface area contributed by atoms with Gasteiger partial charge in [0.05, 0.1) is 12.9 Å². The molecule has 0 spiro atoms. The zero-order chi connectivity index (χ0) is 18.5. The van der Waals surface area contributed by atoms with Crippen LogP contribution < -0.4 is 10.1 Å². The molecule has 26 heavy (non-hydrogen) atoms. The van der Waals surface area contributed by atoms with Crippen LogP contribution >= 0.6 is 11.8 Å². The average molecular weight is 368 g/mol. The van der Waals surface area contributed by atoms with E-state index in [4.69, 9.17) is 4.74 Å². The lowest BCUT2D eigenvalue weighted by atomic mass is 10.1. The fraction of sp³-hybridized carbons (Fsp3) is 0.211. The van der Waals surface area contributed by atoms with E-state index in [-0.39, 0.29) is 11.7 Å². The summed E-state index contributed by atoms with van der Waals surface area (Å²) in [4.78, 5) is 16.5. The molecule has 134 valence electrons. The summed E-state index contributed by atoms with van der Waals surface area (Å²) in [6, 6.07) is 13.4. The molecule has 3 rings (SSSR count). The van der Waals surface area contributed by atoms with Gasteiger partial charge in [-0.3, -0.25) is 9.89 Å². The third-order valence-corrected chi connectivity index (χ3v) is 4.80. The van der Waals surface area contributed by atoms with Gasteiger partial charge in [0.15, 0.2) is 5.82 Å². The van der Waals surface area contributed by atoms with Crippen molar-refractivity contribution < 1.29 is 9.53 Å². The van der Waals surface area contributed by atoms with Gasteiger partial charge in [-0.2, -0.15) is 0 Å². The van der Waals surface area contributed by atoms with Gasteiger partial charge in [0.25, 0.3) is 0 Å². The number of ether oxygens (including phenoxy) is 1. The van der Waals surface area contributed by atoms with Crippen molar-refractivity contribution in [3.63, 3.8) is 0 Å². The highest BCUT2D eigenvalue weighted by Gasteiger charge is 2.10. The minimum atomic E-state index is -0.0888. The number of aromatic nitrogens is 3.